The summed E-state index contributed by atoms with van der Waals surface area (Å²) in [6.45, 7) is 3.63. The Labute approximate surface area is 166 Å². The second-order valence-electron chi connectivity index (χ2n) is 7.20. The summed E-state index contributed by atoms with van der Waals surface area (Å²) in [5, 5.41) is 0. The smallest absolute Gasteiger partial charge is 0.409 e. The number of aromatic nitrogens is 1. The molecule has 2 aromatic rings. The van der Waals surface area contributed by atoms with Crippen LogP contribution in [0, 0.1) is 0 Å². The van der Waals surface area contributed by atoms with E-state index < -0.39 is 0 Å². The number of methoxy groups -OCH3 is 1. The summed E-state index contributed by atoms with van der Waals surface area (Å²) in [6, 6.07) is 10.5. The Balaban J connectivity index is 1.75. The summed E-state index contributed by atoms with van der Waals surface area (Å²) in [5.41, 5.74) is 7.53. The molecule has 1 aromatic heterocycles. The van der Waals surface area contributed by atoms with Gasteiger partial charge in [-0.15, -0.1) is 0 Å². The normalized spacial score (nSPS) is 16.1. The van der Waals surface area contributed by atoms with E-state index in [9.17, 15) is 4.79 Å². The third kappa shape index (κ3) is 3.49. The van der Waals surface area contributed by atoms with Crippen LogP contribution in [-0.2, 0) is 17.6 Å². The molecule has 146 valence electrons. The van der Waals surface area contributed by atoms with Crippen molar-refractivity contribution in [3.63, 3.8) is 0 Å². The molecule has 5 heteroatoms. The molecule has 1 aromatic carbocycles. The third-order valence-electron chi connectivity index (χ3n) is 5.62. The Morgan fingerprint density at radius 1 is 1.11 bits per heavy atom. The molecular weight excluding hydrogens is 352 g/mol. The van der Waals surface area contributed by atoms with E-state index in [0.717, 1.165) is 37.1 Å². The molecule has 28 heavy (non-hydrogen) atoms. The molecule has 0 bridgehead atoms. The zero-order valence-corrected chi connectivity index (χ0v) is 16.5. The van der Waals surface area contributed by atoms with Gasteiger partial charge in [0.15, 0.2) is 0 Å². The highest BCUT2D eigenvalue weighted by atomic mass is 16.6. The Bertz CT molecular complexity index is 910. The Kier molecular flexibility index (Phi) is 5.33. The molecule has 0 saturated carbocycles. The number of nitrogens with zero attached hydrogens (tertiary/aromatic N) is 2. The van der Waals surface area contributed by atoms with Crippen LogP contribution in [0.2, 0.25) is 0 Å². The standard InChI is InChI=1S/C23H26N2O3/c1-3-28-23(26)25-13-10-16(11-14-25)21-20-9-8-19(27-2)15-18(20)7-6-17-5-4-12-24-22(17)21/h4-5,8-9,12,15H,3,6-7,10-11,13-14H2,1-2H3. The van der Waals surface area contributed by atoms with E-state index in [1.165, 1.54) is 27.8 Å². The lowest BCUT2D eigenvalue weighted by Gasteiger charge is -2.29. The Hall–Kier alpha value is -2.82. The number of carbonyl (C=O) groups excluding carboxylic acids is 1. The van der Waals surface area contributed by atoms with Crippen LogP contribution in [0.15, 0.2) is 42.1 Å². The van der Waals surface area contributed by atoms with Crippen LogP contribution in [0.25, 0.3) is 5.57 Å². The van der Waals surface area contributed by atoms with E-state index in [1.54, 1.807) is 12.0 Å². The van der Waals surface area contributed by atoms with Gasteiger partial charge in [0.05, 0.1) is 19.4 Å². The summed E-state index contributed by atoms with van der Waals surface area (Å²) in [4.78, 5) is 18.6. The molecule has 0 atom stereocenters. The number of benzene rings is 1. The SMILES string of the molecule is CCOC(=O)N1CCC(=C2c3ccc(OC)cc3CCc3cccnc32)CC1. The maximum absolute atomic E-state index is 12.1. The molecule has 2 aliphatic rings. The first kappa shape index (κ1) is 18.5. The van der Waals surface area contributed by atoms with E-state index in [4.69, 9.17) is 14.5 Å². The number of fused-ring (bicyclic) bond motifs is 2. The first-order valence-corrected chi connectivity index (χ1v) is 9.96. The predicted molar refractivity (Wildman–Crippen MR) is 108 cm³/mol. The molecule has 0 radical (unpaired) electrons. The van der Waals surface area contributed by atoms with Gasteiger partial charge in [0.1, 0.15) is 5.75 Å². The highest BCUT2D eigenvalue weighted by Crippen LogP contribution is 2.38. The van der Waals surface area contributed by atoms with Crippen molar-refractivity contribution >= 4 is 11.7 Å². The molecule has 4 rings (SSSR count). The van der Waals surface area contributed by atoms with Crippen molar-refractivity contribution in [1.29, 1.82) is 0 Å². The molecule has 5 nitrogen and oxygen atoms in total. The molecule has 1 saturated heterocycles. The topological polar surface area (TPSA) is 51.7 Å². The monoisotopic (exact) mass is 378 g/mol. The maximum atomic E-state index is 12.1. The Morgan fingerprint density at radius 3 is 2.64 bits per heavy atom. The molecule has 2 heterocycles. The number of hydrogen-bond donors (Lipinski definition) is 0. The van der Waals surface area contributed by atoms with Gasteiger partial charge in [-0.3, -0.25) is 4.98 Å². The molecule has 0 unspecified atom stereocenters. The zero-order chi connectivity index (χ0) is 19.5. The Morgan fingerprint density at radius 2 is 1.89 bits per heavy atom. The summed E-state index contributed by atoms with van der Waals surface area (Å²) in [5.74, 6) is 0.888. The van der Waals surface area contributed by atoms with Gasteiger partial charge in [0.2, 0.25) is 0 Å². The van der Waals surface area contributed by atoms with Crippen LogP contribution >= 0.6 is 0 Å². The molecule has 1 fully saturated rings. The molecule has 0 spiro atoms. The minimum atomic E-state index is -0.212. The van der Waals surface area contributed by atoms with Gasteiger partial charge in [0.25, 0.3) is 0 Å². The fraction of sp³-hybridized carbons (Fsp3) is 0.391. The van der Waals surface area contributed by atoms with Gasteiger partial charge in [-0.25, -0.2) is 4.79 Å². The molecule has 0 N–H and O–H groups in total. The van der Waals surface area contributed by atoms with Crippen LogP contribution < -0.4 is 4.74 Å². The number of pyridine rings is 1. The summed E-state index contributed by atoms with van der Waals surface area (Å²) >= 11 is 0. The fourth-order valence-electron chi connectivity index (χ4n) is 4.19. The second kappa shape index (κ2) is 8.05. The van der Waals surface area contributed by atoms with Gasteiger partial charge >= 0.3 is 6.09 Å². The summed E-state index contributed by atoms with van der Waals surface area (Å²) in [6.07, 6.45) is 5.29. The minimum Gasteiger partial charge on any atom is -0.497 e. The third-order valence-corrected chi connectivity index (χ3v) is 5.62. The van der Waals surface area contributed by atoms with Gasteiger partial charge < -0.3 is 14.4 Å². The van der Waals surface area contributed by atoms with Crippen molar-refractivity contribution < 1.29 is 14.3 Å². The second-order valence-corrected chi connectivity index (χ2v) is 7.20. The van der Waals surface area contributed by atoms with Crippen molar-refractivity contribution in [2.45, 2.75) is 32.6 Å². The van der Waals surface area contributed by atoms with Gasteiger partial charge in [-0.05, 0) is 67.5 Å². The van der Waals surface area contributed by atoms with E-state index in [1.807, 2.05) is 25.3 Å². The lowest BCUT2D eigenvalue weighted by atomic mass is 9.88. The lowest BCUT2D eigenvalue weighted by Crippen LogP contribution is -2.37. The van der Waals surface area contributed by atoms with E-state index in [2.05, 4.69) is 18.2 Å². The van der Waals surface area contributed by atoms with E-state index in [-0.39, 0.29) is 6.09 Å². The number of aryl methyl sites for hydroxylation is 2. The number of ether oxygens (including phenoxy) is 2. The van der Waals surface area contributed by atoms with Crippen LogP contribution in [0.5, 0.6) is 5.75 Å². The minimum absolute atomic E-state index is 0.212. The van der Waals surface area contributed by atoms with Gasteiger partial charge in [0, 0.05) is 24.9 Å². The van der Waals surface area contributed by atoms with E-state index in [0.29, 0.717) is 19.7 Å². The van der Waals surface area contributed by atoms with E-state index >= 15 is 0 Å². The average Bonchev–Trinajstić information content (AvgIpc) is 2.90. The highest BCUT2D eigenvalue weighted by Gasteiger charge is 2.27. The molecule has 1 amide bonds. The quantitative estimate of drug-likeness (QED) is 0.784. The average molecular weight is 378 g/mol. The van der Waals surface area contributed by atoms with Crippen LogP contribution in [-0.4, -0.2) is 42.8 Å². The number of piperidine rings is 1. The highest BCUT2D eigenvalue weighted by molar-refractivity contribution is 5.85. The summed E-state index contributed by atoms with van der Waals surface area (Å²) in [7, 11) is 1.71. The van der Waals surface area contributed by atoms with Crippen LogP contribution in [0.4, 0.5) is 4.79 Å². The first-order chi connectivity index (χ1) is 13.7. The predicted octanol–water partition coefficient (Wildman–Crippen LogP) is 4.24. The molecule has 1 aliphatic heterocycles. The van der Waals surface area contributed by atoms with Crippen molar-refractivity contribution in [3.8, 4) is 5.75 Å². The van der Waals surface area contributed by atoms with Gasteiger partial charge in [-0.1, -0.05) is 17.7 Å². The summed E-state index contributed by atoms with van der Waals surface area (Å²) < 4.78 is 10.6. The maximum Gasteiger partial charge on any atom is 0.409 e. The number of carbonyl (C=O) groups is 1. The van der Waals surface area contributed by atoms with Crippen molar-refractivity contribution in [2.75, 3.05) is 26.8 Å². The number of amides is 1. The van der Waals surface area contributed by atoms with Crippen molar-refractivity contribution in [2.24, 2.45) is 0 Å². The lowest BCUT2D eigenvalue weighted by molar-refractivity contribution is 0.104. The number of likely N-dealkylation sites (tertiary alicyclic amines) is 1. The van der Waals surface area contributed by atoms with Crippen LogP contribution in [0.1, 0.15) is 42.1 Å². The largest absolute Gasteiger partial charge is 0.497 e. The fourth-order valence-corrected chi connectivity index (χ4v) is 4.19. The zero-order valence-electron chi connectivity index (χ0n) is 16.5. The number of hydrogen-bond acceptors (Lipinski definition) is 4. The van der Waals surface area contributed by atoms with Gasteiger partial charge in [-0.2, -0.15) is 0 Å². The molecule has 1 aliphatic carbocycles. The van der Waals surface area contributed by atoms with Crippen molar-refractivity contribution in [1.82, 2.24) is 9.88 Å². The number of rotatable bonds is 2. The first-order valence-electron chi connectivity index (χ1n) is 9.96. The van der Waals surface area contributed by atoms with Crippen molar-refractivity contribution in [3.05, 3.63) is 64.5 Å². The molecular formula is C23H26N2O3. The van der Waals surface area contributed by atoms with Crippen LogP contribution in [0.3, 0.4) is 0 Å².